The minimum atomic E-state index is -0.307. The molecule has 0 aliphatic carbocycles. The van der Waals surface area contributed by atoms with Crippen LogP contribution in [0.3, 0.4) is 0 Å². The van der Waals surface area contributed by atoms with Gasteiger partial charge in [0.1, 0.15) is 5.82 Å². The third-order valence-electron chi connectivity index (χ3n) is 2.57. The van der Waals surface area contributed by atoms with Crippen LogP contribution in [0.2, 0.25) is 0 Å². The number of hydrogen-bond acceptors (Lipinski definition) is 2. The molecule has 0 heterocycles. The van der Waals surface area contributed by atoms with E-state index in [0.29, 0.717) is 17.9 Å². The first-order valence-electron chi connectivity index (χ1n) is 5.58. The van der Waals surface area contributed by atoms with Crippen molar-refractivity contribution in [2.75, 3.05) is 17.6 Å². The van der Waals surface area contributed by atoms with Gasteiger partial charge < -0.3 is 11.1 Å². The van der Waals surface area contributed by atoms with Gasteiger partial charge in [-0.1, -0.05) is 30.3 Å². The maximum Gasteiger partial charge on any atom is 0.148 e. The highest BCUT2D eigenvalue weighted by Gasteiger charge is 2.01. The first kappa shape index (κ1) is 11.5. The average Bonchev–Trinajstić information content (AvgIpc) is 2.33. The first-order chi connectivity index (χ1) is 8.25. The topological polar surface area (TPSA) is 38.0 Å². The van der Waals surface area contributed by atoms with Crippen molar-refractivity contribution in [1.82, 2.24) is 0 Å². The van der Waals surface area contributed by atoms with Crippen molar-refractivity contribution in [2.45, 2.75) is 6.42 Å². The molecular weight excluding hydrogens is 215 g/mol. The van der Waals surface area contributed by atoms with Crippen LogP contribution < -0.4 is 11.1 Å². The SMILES string of the molecule is Nc1ccc(NCCc2ccccc2)c(F)c1. The molecule has 17 heavy (non-hydrogen) atoms. The number of nitrogens with two attached hydrogens (primary N) is 1. The maximum absolute atomic E-state index is 13.4. The Hall–Kier alpha value is -2.03. The summed E-state index contributed by atoms with van der Waals surface area (Å²) >= 11 is 0. The molecule has 0 bridgehead atoms. The molecule has 0 aliphatic rings. The van der Waals surface area contributed by atoms with Crippen LogP contribution in [0.4, 0.5) is 15.8 Å². The van der Waals surface area contributed by atoms with Crippen molar-refractivity contribution in [1.29, 1.82) is 0 Å². The van der Waals surface area contributed by atoms with Crippen molar-refractivity contribution < 1.29 is 4.39 Å². The van der Waals surface area contributed by atoms with Gasteiger partial charge in [-0.3, -0.25) is 0 Å². The molecule has 0 saturated carbocycles. The zero-order valence-corrected chi connectivity index (χ0v) is 9.49. The van der Waals surface area contributed by atoms with Gasteiger partial charge in [-0.2, -0.15) is 0 Å². The molecule has 0 aromatic heterocycles. The fraction of sp³-hybridized carbons (Fsp3) is 0.143. The number of nitrogen functional groups attached to an aromatic ring is 1. The summed E-state index contributed by atoms with van der Waals surface area (Å²) in [5, 5.41) is 3.06. The lowest BCUT2D eigenvalue weighted by Crippen LogP contribution is -2.06. The fourth-order valence-corrected chi connectivity index (χ4v) is 1.66. The van der Waals surface area contributed by atoms with E-state index < -0.39 is 0 Å². The van der Waals surface area contributed by atoms with E-state index in [0.717, 1.165) is 6.42 Å². The van der Waals surface area contributed by atoms with Crippen molar-refractivity contribution in [3.05, 3.63) is 59.9 Å². The Morgan fingerprint density at radius 3 is 2.53 bits per heavy atom. The molecule has 2 aromatic rings. The molecule has 3 heteroatoms. The highest BCUT2D eigenvalue weighted by molar-refractivity contribution is 5.52. The van der Waals surface area contributed by atoms with Crippen molar-refractivity contribution in [2.24, 2.45) is 0 Å². The number of hydrogen-bond donors (Lipinski definition) is 2. The van der Waals surface area contributed by atoms with Gasteiger partial charge in [0.2, 0.25) is 0 Å². The van der Waals surface area contributed by atoms with Gasteiger partial charge in [0.05, 0.1) is 5.69 Å². The molecule has 0 fully saturated rings. The van der Waals surface area contributed by atoms with Crippen LogP contribution in [0.5, 0.6) is 0 Å². The van der Waals surface area contributed by atoms with Gasteiger partial charge in [0.25, 0.3) is 0 Å². The molecule has 0 aliphatic heterocycles. The van der Waals surface area contributed by atoms with Crippen LogP contribution in [0.1, 0.15) is 5.56 Å². The fourth-order valence-electron chi connectivity index (χ4n) is 1.66. The molecule has 2 rings (SSSR count). The van der Waals surface area contributed by atoms with Gasteiger partial charge in [-0.25, -0.2) is 4.39 Å². The Morgan fingerprint density at radius 1 is 1.06 bits per heavy atom. The summed E-state index contributed by atoms with van der Waals surface area (Å²) in [5.41, 5.74) is 7.65. The van der Waals surface area contributed by atoms with Crippen LogP contribution in [0, 0.1) is 5.82 Å². The van der Waals surface area contributed by atoms with Gasteiger partial charge >= 0.3 is 0 Å². The van der Waals surface area contributed by atoms with Crippen molar-refractivity contribution >= 4 is 11.4 Å². The van der Waals surface area contributed by atoms with Crippen molar-refractivity contribution in [3.63, 3.8) is 0 Å². The molecule has 0 saturated heterocycles. The molecule has 0 unspecified atom stereocenters. The van der Waals surface area contributed by atoms with Crippen LogP contribution in [-0.4, -0.2) is 6.54 Å². The minimum absolute atomic E-state index is 0.307. The highest BCUT2D eigenvalue weighted by Crippen LogP contribution is 2.16. The summed E-state index contributed by atoms with van der Waals surface area (Å²) in [4.78, 5) is 0. The highest BCUT2D eigenvalue weighted by atomic mass is 19.1. The van der Waals surface area contributed by atoms with Gasteiger partial charge in [-0.15, -0.1) is 0 Å². The molecule has 2 nitrogen and oxygen atoms in total. The third-order valence-corrected chi connectivity index (χ3v) is 2.57. The number of anilines is 2. The van der Waals surface area contributed by atoms with E-state index in [1.807, 2.05) is 18.2 Å². The zero-order valence-electron chi connectivity index (χ0n) is 9.49. The van der Waals surface area contributed by atoms with Crippen LogP contribution in [-0.2, 0) is 6.42 Å². The van der Waals surface area contributed by atoms with Crippen molar-refractivity contribution in [3.8, 4) is 0 Å². The minimum Gasteiger partial charge on any atom is -0.399 e. The molecule has 2 aromatic carbocycles. The van der Waals surface area contributed by atoms with Gasteiger partial charge in [0, 0.05) is 12.2 Å². The molecule has 3 N–H and O–H groups in total. The quantitative estimate of drug-likeness (QED) is 0.792. The molecular formula is C14H15FN2. The first-order valence-corrected chi connectivity index (χ1v) is 5.58. The van der Waals surface area contributed by atoms with E-state index in [4.69, 9.17) is 5.73 Å². The second-order valence-electron chi connectivity index (χ2n) is 3.90. The van der Waals surface area contributed by atoms with Crippen LogP contribution in [0.15, 0.2) is 48.5 Å². The van der Waals surface area contributed by atoms with Crippen LogP contribution >= 0.6 is 0 Å². The Bertz CT molecular complexity index is 483. The Balaban J connectivity index is 1.90. The monoisotopic (exact) mass is 230 g/mol. The van der Waals surface area contributed by atoms with E-state index in [1.54, 1.807) is 12.1 Å². The maximum atomic E-state index is 13.4. The number of nitrogens with one attached hydrogen (secondary N) is 1. The normalized spacial score (nSPS) is 10.2. The lowest BCUT2D eigenvalue weighted by molar-refractivity contribution is 0.631. The van der Waals surface area contributed by atoms with Gasteiger partial charge in [0.15, 0.2) is 0 Å². The number of halogens is 1. The summed E-state index contributed by atoms with van der Waals surface area (Å²) in [7, 11) is 0. The second-order valence-corrected chi connectivity index (χ2v) is 3.90. The predicted octanol–water partition coefficient (Wildman–Crippen LogP) is 3.06. The van der Waals surface area contributed by atoms with E-state index in [-0.39, 0.29) is 5.82 Å². The van der Waals surface area contributed by atoms with E-state index in [1.165, 1.54) is 11.6 Å². The Kier molecular flexibility index (Phi) is 3.60. The van der Waals surface area contributed by atoms with Crippen LogP contribution in [0.25, 0.3) is 0 Å². The van der Waals surface area contributed by atoms with E-state index >= 15 is 0 Å². The summed E-state index contributed by atoms with van der Waals surface area (Å²) in [6, 6.07) is 14.8. The molecule has 0 atom stereocenters. The Morgan fingerprint density at radius 2 is 1.82 bits per heavy atom. The summed E-state index contributed by atoms with van der Waals surface area (Å²) in [6.07, 6.45) is 0.866. The third kappa shape index (κ3) is 3.21. The molecule has 0 radical (unpaired) electrons. The molecule has 0 amide bonds. The summed E-state index contributed by atoms with van der Waals surface area (Å²) < 4.78 is 13.4. The number of rotatable bonds is 4. The van der Waals surface area contributed by atoms with E-state index in [2.05, 4.69) is 17.4 Å². The smallest absolute Gasteiger partial charge is 0.148 e. The predicted molar refractivity (Wildman–Crippen MR) is 69.4 cm³/mol. The largest absolute Gasteiger partial charge is 0.399 e. The molecule has 88 valence electrons. The number of benzene rings is 2. The second kappa shape index (κ2) is 5.34. The summed E-state index contributed by atoms with van der Waals surface area (Å²) in [6.45, 7) is 0.699. The molecule has 0 spiro atoms. The zero-order chi connectivity index (χ0) is 12.1. The van der Waals surface area contributed by atoms with Gasteiger partial charge in [-0.05, 0) is 30.2 Å². The summed E-state index contributed by atoms with van der Waals surface area (Å²) in [5.74, 6) is -0.307. The average molecular weight is 230 g/mol. The lowest BCUT2D eigenvalue weighted by Gasteiger charge is -2.08. The van der Waals surface area contributed by atoms with E-state index in [9.17, 15) is 4.39 Å². The Labute approximate surface area is 100 Å². The standard InChI is InChI=1S/C14H15FN2/c15-13-10-12(16)6-7-14(13)17-9-8-11-4-2-1-3-5-11/h1-7,10,17H,8-9,16H2. The lowest BCUT2D eigenvalue weighted by atomic mass is 10.1.